The molecule has 3 N–H and O–H groups in total. The van der Waals surface area contributed by atoms with E-state index < -0.39 is 12.7 Å². The molecule has 1 amide bonds. The molecule has 1 saturated heterocycles. The molecular weight excluding hydrogens is 275 g/mol. The van der Waals surface area contributed by atoms with E-state index >= 15 is 0 Å². The first-order valence-corrected chi connectivity index (χ1v) is 7.42. The quantitative estimate of drug-likeness (QED) is 0.455. The van der Waals surface area contributed by atoms with Crippen LogP contribution in [0, 0.1) is 0 Å². The molecule has 0 aromatic heterocycles. The Balaban J connectivity index is 2.25. The van der Waals surface area contributed by atoms with Crippen LogP contribution >= 0.6 is 0 Å². The lowest BCUT2D eigenvalue weighted by Crippen LogP contribution is -2.36. The summed E-state index contributed by atoms with van der Waals surface area (Å²) in [6.07, 6.45) is 0.353. The average molecular weight is 302 g/mol. The number of aliphatic hydroxyl groups is 1. The highest BCUT2D eigenvalue weighted by molar-refractivity contribution is 6.45. The lowest BCUT2D eigenvalue weighted by molar-refractivity contribution is 0.0294. The summed E-state index contributed by atoms with van der Waals surface area (Å²) in [4.78, 5) is 13.5. The predicted octanol–water partition coefficient (Wildman–Crippen LogP) is 0.0764. The molecule has 0 bridgehead atoms. The van der Waals surface area contributed by atoms with Crippen LogP contribution in [0.1, 0.15) is 27.2 Å². The molecule has 0 aromatic rings. The zero-order chi connectivity index (χ0) is 15.9. The number of ether oxygens (including phenoxy) is 1. The molecule has 1 rings (SSSR count). The number of carbonyl (C=O) groups is 1. The molecule has 1 fully saturated rings. The molecule has 0 aromatic carbocycles. The van der Waals surface area contributed by atoms with E-state index in [1.807, 2.05) is 20.8 Å². The highest BCUT2D eigenvalue weighted by atomic mass is 16.6. The van der Waals surface area contributed by atoms with Gasteiger partial charge in [0.05, 0.1) is 6.61 Å². The van der Waals surface area contributed by atoms with E-state index in [-0.39, 0.29) is 18.5 Å². The van der Waals surface area contributed by atoms with Gasteiger partial charge in [0.2, 0.25) is 0 Å². The number of rotatable bonds is 7. The molecule has 1 atom stereocenters. The van der Waals surface area contributed by atoms with Gasteiger partial charge in [0, 0.05) is 38.6 Å². The predicted molar refractivity (Wildman–Crippen MR) is 80.1 cm³/mol. The summed E-state index contributed by atoms with van der Waals surface area (Å²) in [7, 11) is -0.881. The Labute approximate surface area is 126 Å². The molecule has 21 heavy (non-hydrogen) atoms. The fourth-order valence-corrected chi connectivity index (χ4v) is 2.10. The lowest BCUT2D eigenvalue weighted by atomic mass is 9.72. The maximum atomic E-state index is 11.9. The molecule has 1 aliphatic heterocycles. The van der Waals surface area contributed by atoms with Crippen molar-refractivity contribution in [2.45, 2.75) is 38.6 Å². The zero-order valence-electron chi connectivity index (χ0n) is 13.2. The topological polar surface area (TPSA) is 91.3 Å². The summed E-state index contributed by atoms with van der Waals surface area (Å²) >= 11 is 0. The first-order chi connectivity index (χ1) is 9.83. The monoisotopic (exact) mass is 302 g/mol. The Morgan fingerprint density at radius 3 is 2.76 bits per heavy atom. The number of amides is 1. The Morgan fingerprint density at radius 2 is 2.14 bits per heavy atom. The highest BCUT2D eigenvalue weighted by Gasteiger charge is 2.37. The Bertz CT molecular complexity index is 324. The van der Waals surface area contributed by atoms with Crippen molar-refractivity contribution < 1.29 is 24.3 Å². The number of likely N-dealkylation sites (tertiary alicyclic amines) is 1. The van der Waals surface area contributed by atoms with Gasteiger partial charge in [-0.2, -0.15) is 0 Å². The Kier molecular flexibility index (Phi) is 7.44. The highest BCUT2D eigenvalue weighted by Crippen LogP contribution is 2.25. The zero-order valence-corrected chi connectivity index (χ0v) is 13.2. The van der Waals surface area contributed by atoms with Gasteiger partial charge in [-0.1, -0.05) is 0 Å². The van der Waals surface area contributed by atoms with Crippen LogP contribution in [-0.2, 0) is 9.39 Å². The van der Waals surface area contributed by atoms with E-state index in [0.29, 0.717) is 39.2 Å². The SMILES string of the molecule is CC(C)(C)OC(=O)N1CC[C@H](B(O)OCCNCCO)C1. The summed E-state index contributed by atoms with van der Waals surface area (Å²) in [6, 6.07) is 0. The van der Waals surface area contributed by atoms with E-state index in [0.717, 1.165) is 0 Å². The van der Waals surface area contributed by atoms with Gasteiger partial charge in [0.25, 0.3) is 0 Å². The minimum Gasteiger partial charge on any atom is -0.444 e. The maximum Gasteiger partial charge on any atom is 0.459 e. The van der Waals surface area contributed by atoms with Gasteiger partial charge in [0.1, 0.15) is 5.60 Å². The third-order valence-corrected chi connectivity index (χ3v) is 3.14. The second-order valence-electron chi connectivity index (χ2n) is 6.21. The van der Waals surface area contributed by atoms with Crippen LogP contribution in [0.25, 0.3) is 0 Å². The summed E-state index contributed by atoms with van der Waals surface area (Å²) in [5.74, 6) is -0.0876. The summed E-state index contributed by atoms with van der Waals surface area (Å²) < 4.78 is 10.6. The number of carbonyl (C=O) groups excluding carboxylic acids is 1. The first-order valence-electron chi connectivity index (χ1n) is 7.42. The third kappa shape index (κ3) is 7.13. The van der Waals surface area contributed by atoms with E-state index in [4.69, 9.17) is 14.5 Å². The van der Waals surface area contributed by atoms with Gasteiger partial charge in [-0.25, -0.2) is 4.79 Å². The molecule has 0 aliphatic carbocycles. The van der Waals surface area contributed by atoms with Crippen molar-refractivity contribution >= 4 is 13.2 Å². The minimum absolute atomic E-state index is 0.0794. The third-order valence-electron chi connectivity index (χ3n) is 3.14. The van der Waals surface area contributed by atoms with E-state index in [2.05, 4.69) is 5.32 Å². The molecule has 7 nitrogen and oxygen atoms in total. The van der Waals surface area contributed by atoms with Crippen LogP contribution in [0.4, 0.5) is 4.79 Å². The molecule has 8 heteroatoms. The van der Waals surface area contributed by atoms with E-state index in [1.54, 1.807) is 4.90 Å². The lowest BCUT2D eigenvalue weighted by Gasteiger charge is -2.24. The van der Waals surface area contributed by atoms with Gasteiger partial charge in [-0.05, 0) is 27.2 Å². The second-order valence-corrected chi connectivity index (χ2v) is 6.21. The number of aliphatic hydroxyl groups excluding tert-OH is 1. The van der Waals surface area contributed by atoms with Crippen molar-refractivity contribution in [3.8, 4) is 0 Å². The van der Waals surface area contributed by atoms with Crippen LogP contribution < -0.4 is 5.32 Å². The summed E-state index contributed by atoms with van der Waals surface area (Å²) in [6.45, 7) is 8.03. The number of hydrogen-bond donors (Lipinski definition) is 3. The molecule has 1 aliphatic rings. The van der Waals surface area contributed by atoms with Crippen LogP contribution in [0.2, 0.25) is 5.82 Å². The molecule has 122 valence electrons. The molecule has 0 saturated carbocycles. The van der Waals surface area contributed by atoms with Crippen LogP contribution in [0.15, 0.2) is 0 Å². The number of nitrogens with zero attached hydrogens (tertiary/aromatic N) is 1. The van der Waals surface area contributed by atoms with Crippen LogP contribution in [-0.4, -0.2) is 73.2 Å². The van der Waals surface area contributed by atoms with E-state index in [9.17, 15) is 9.82 Å². The molecular formula is C13H27BN2O5. The normalized spacial score (nSPS) is 18.9. The maximum absolute atomic E-state index is 11.9. The van der Waals surface area contributed by atoms with Gasteiger partial charge < -0.3 is 29.7 Å². The van der Waals surface area contributed by atoms with E-state index in [1.165, 1.54) is 0 Å². The van der Waals surface area contributed by atoms with Gasteiger partial charge in [0.15, 0.2) is 0 Å². The smallest absolute Gasteiger partial charge is 0.444 e. The number of nitrogens with one attached hydrogen (secondary N) is 1. The molecule has 1 heterocycles. The molecule has 0 radical (unpaired) electrons. The summed E-state index contributed by atoms with van der Waals surface area (Å²) in [5.41, 5.74) is -0.511. The van der Waals surface area contributed by atoms with Crippen molar-refractivity contribution in [1.82, 2.24) is 10.2 Å². The van der Waals surface area contributed by atoms with Crippen molar-refractivity contribution in [2.75, 3.05) is 39.4 Å². The van der Waals surface area contributed by atoms with Crippen LogP contribution in [0.5, 0.6) is 0 Å². The van der Waals surface area contributed by atoms with Crippen molar-refractivity contribution in [3.05, 3.63) is 0 Å². The fourth-order valence-electron chi connectivity index (χ4n) is 2.10. The van der Waals surface area contributed by atoms with Gasteiger partial charge in [-0.3, -0.25) is 0 Å². The Morgan fingerprint density at radius 1 is 1.43 bits per heavy atom. The van der Waals surface area contributed by atoms with Crippen molar-refractivity contribution in [2.24, 2.45) is 0 Å². The summed E-state index contributed by atoms with van der Waals surface area (Å²) in [5, 5.41) is 21.5. The van der Waals surface area contributed by atoms with Crippen molar-refractivity contribution in [3.63, 3.8) is 0 Å². The van der Waals surface area contributed by atoms with Gasteiger partial charge in [-0.15, -0.1) is 0 Å². The van der Waals surface area contributed by atoms with Crippen LogP contribution in [0.3, 0.4) is 0 Å². The number of hydrogen-bond acceptors (Lipinski definition) is 6. The standard InChI is InChI=1S/C13H27BN2O5/c1-13(2,3)21-12(18)16-7-4-11(10-16)14(19)20-9-6-15-5-8-17/h11,15,17,19H,4-10H2,1-3H3/t11-/m0/s1. The first kappa shape index (κ1) is 18.2. The van der Waals surface area contributed by atoms with Gasteiger partial charge >= 0.3 is 13.2 Å². The minimum atomic E-state index is -0.881. The molecule has 0 spiro atoms. The Hall–Kier alpha value is -0.825. The fraction of sp³-hybridized carbons (Fsp3) is 0.923. The second kappa shape index (κ2) is 8.58. The van der Waals surface area contributed by atoms with Crippen molar-refractivity contribution in [1.29, 1.82) is 0 Å². The molecule has 0 unspecified atom stereocenters. The largest absolute Gasteiger partial charge is 0.459 e. The average Bonchev–Trinajstić information content (AvgIpc) is 2.86.